The second kappa shape index (κ2) is 4.12. The molecule has 102 valence electrons. The van der Waals surface area contributed by atoms with Crippen LogP contribution in [0, 0.1) is 5.41 Å². The van der Waals surface area contributed by atoms with Crippen molar-refractivity contribution in [2.45, 2.75) is 24.9 Å². The summed E-state index contributed by atoms with van der Waals surface area (Å²) >= 11 is 5.88. The fraction of sp³-hybridized carbons (Fsp3) is 0.500. The maximum absolute atomic E-state index is 11.1. The third-order valence-corrected chi connectivity index (χ3v) is 4.81. The van der Waals surface area contributed by atoms with Crippen LogP contribution in [0.15, 0.2) is 24.3 Å². The summed E-state index contributed by atoms with van der Waals surface area (Å²) in [5, 5.41) is 20.8. The van der Waals surface area contributed by atoms with Crippen LogP contribution < -0.4 is 0 Å². The van der Waals surface area contributed by atoms with Gasteiger partial charge in [-0.3, -0.25) is 0 Å². The molecule has 1 atom stereocenters. The average molecular weight is 282 g/mol. The van der Waals surface area contributed by atoms with Gasteiger partial charge in [0.15, 0.2) is 0 Å². The monoisotopic (exact) mass is 281 g/mol. The fourth-order valence-electron chi connectivity index (χ4n) is 3.20. The Morgan fingerprint density at radius 3 is 2.37 bits per heavy atom. The fourth-order valence-corrected chi connectivity index (χ4v) is 3.33. The summed E-state index contributed by atoms with van der Waals surface area (Å²) in [6.07, 6.45) is 1.29. The molecule has 1 saturated heterocycles. The second-order valence-corrected chi connectivity index (χ2v) is 6.04. The summed E-state index contributed by atoms with van der Waals surface area (Å²) in [4.78, 5) is 12.5. The van der Waals surface area contributed by atoms with Crippen LogP contribution in [-0.2, 0) is 5.60 Å². The van der Waals surface area contributed by atoms with Crippen molar-refractivity contribution in [3.8, 4) is 0 Å². The van der Waals surface area contributed by atoms with E-state index in [-0.39, 0.29) is 5.41 Å². The molecule has 1 aliphatic heterocycles. The van der Waals surface area contributed by atoms with Crippen LogP contribution >= 0.6 is 11.6 Å². The van der Waals surface area contributed by atoms with Crippen LogP contribution in [0.5, 0.6) is 0 Å². The first-order chi connectivity index (χ1) is 8.97. The van der Waals surface area contributed by atoms with Gasteiger partial charge in [-0.2, -0.15) is 0 Å². The van der Waals surface area contributed by atoms with Gasteiger partial charge in [-0.1, -0.05) is 23.7 Å². The van der Waals surface area contributed by atoms with Gasteiger partial charge < -0.3 is 15.1 Å². The van der Waals surface area contributed by atoms with E-state index in [0.29, 0.717) is 24.5 Å². The minimum absolute atomic E-state index is 0.308. The number of aliphatic hydroxyl groups is 1. The highest BCUT2D eigenvalue weighted by Gasteiger charge is 2.62. The lowest BCUT2D eigenvalue weighted by atomic mass is 9.73. The number of carbonyl (C=O) groups is 1. The molecule has 2 N–H and O–H groups in total. The van der Waals surface area contributed by atoms with Crippen molar-refractivity contribution in [3.05, 3.63) is 34.9 Å². The first-order valence-corrected chi connectivity index (χ1v) is 6.81. The van der Waals surface area contributed by atoms with Crippen LogP contribution in [0.3, 0.4) is 0 Å². The van der Waals surface area contributed by atoms with E-state index in [1.54, 1.807) is 12.1 Å². The zero-order chi connectivity index (χ0) is 13.7. The Hall–Kier alpha value is -1.26. The molecule has 1 spiro atoms. The third-order valence-electron chi connectivity index (χ3n) is 4.56. The third kappa shape index (κ3) is 1.90. The van der Waals surface area contributed by atoms with Crippen molar-refractivity contribution < 1.29 is 15.0 Å². The minimum atomic E-state index is -0.927. The number of halogens is 1. The van der Waals surface area contributed by atoms with Crippen molar-refractivity contribution in [1.29, 1.82) is 0 Å². The highest BCUT2D eigenvalue weighted by Crippen LogP contribution is 2.61. The normalized spacial score (nSPS) is 28.4. The first kappa shape index (κ1) is 12.8. The molecule has 1 aromatic carbocycles. The molecule has 0 aromatic heterocycles. The lowest BCUT2D eigenvalue weighted by Gasteiger charge is -2.45. The van der Waals surface area contributed by atoms with E-state index in [0.717, 1.165) is 18.4 Å². The highest BCUT2D eigenvalue weighted by atomic mass is 35.5. The number of hydrogen-bond donors (Lipinski definition) is 2. The topological polar surface area (TPSA) is 60.8 Å². The number of hydrogen-bond acceptors (Lipinski definition) is 2. The van der Waals surface area contributed by atoms with Crippen molar-refractivity contribution in [3.63, 3.8) is 0 Å². The molecular formula is C14H16ClNO3. The molecule has 1 amide bonds. The number of nitrogens with zero attached hydrogens (tertiary/aromatic N) is 1. The van der Waals surface area contributed by atoms with Crippen molar-refractivity contribution >= 4 is 17.7 Å². The highest BCUT2D eigenvalue weighted by molar-refractivity contribution is 6.30. The Balaban J connectivity index is 1.92. The molecule has 1 aromatic rings. The molecular weight excluding hydrogens is 266 g/mol. The number of likely N-dealkylation sites (tertiary alicyclic amines) is 1. The summed E-state index contributed by atoms with van der Waals surface area (Å²) in [6, 6.07) is 7.24. The number of carboxylic acid groups (broad SMARTS) is 1. The quantitative estimate of drug-likeness (QED) is 0.832. The largest absolute Gasteiger partial charge is 0.465 e. The molecule has 3 rings (SSSR count). The molecule has 5 heteroatoms. The summed E-state index contributed by atoms with van der Waals surface area (Å²) in [5.41, 5.74) is -0.388. The Morgan fingerprint density at radius 1 is 1.21 bits per heavy atom. The number of piperidine rings is 1. The summed E-state index contributed by atoms with van der Waals surface area (Å²) in [5.74, 6) is 0. The summed E-state index contributed by atoms with van der Waals surface area (Å²) < 4.78 is 0. The lowest BCUT2D eigenvalue weighted by molar-refractivity contribution is -0.0870. The Labute approximate surface area is 116 Å². The molecule has 1 aliphatic carbocycles. The van der Waals surface area contributed by atoms with Crippen molar-refractivity contribution in [2.24, 2.45) is 5.41 Å². The van der Waals surface area contributed by atoms with E-state index in [4.69, 9.17) is 16.7 Å². The maximum atomic E-state index is 11.1. The van der Waals surface area contributed by atoms with E-state index in [2.05, 4.69) is 0 Å². The van der Waals surface area contributed by atoms with Crippen molar-refractivity contribution in [2.75, 3.05) is 13.1 Å². The van der Waals surface area contributed by atoms with Gasteiger partial charge in [0.25, 0.3) is 0 Å². The lowest BCUT2D eigenvalue weighted by Crippen LogP contribution is -2.52. The molecule has 2 fully saturated rings. The predicted octanol–water partition coefficient (Wildman–Crippen LogP) is 2.69. The van der Waals surface area contributed by atoms with Crippen LogP contribution in [-0.4, -0.2) is 34.3 Å². The Bertz CT molecular complexity index is 512. The van der Waals surface area contributed by atoms with Gasteiger partial charge in [-0.05, 0) is 37.0 Å². The zero-order valence-electron chi connectivity index (χ0n) is 10.5. The van der Waals surface area contributed by atoms with Gasteiger partial charge >= 0.3 is 6.09 Å². The van der Waals surface area contributed by atoms with Crippen LogP contribution in [0.25, 0.3) is 0 Å². The van der Waals surface area contributed by atoms with E-state index in [1.165, 1.54) is 4.90 Å². The van der Waals surface area contributed by atoms with Crippen LogP contribution in [0.1, 0.15) is 24.8 Å². The number of benzene rings is 1. The molecule has 1 heterocycles. The van der Waals surface area contributed by atoms with Gasteiger partial charge in [-0.15, -0.1) is 0 Å². The number of amides is 1. The summed E-state index contributed by atoms with van der Waals surface area (Å²) in [6.45, 7) is 0.789. The van der Waals surface area contributed by atoms with E-state index in [1.807, 2.05) is 12.1 Å². The van der Waals surface area contributed by atoms with Crippen molar-refractivity contribution in [1.82, 2.24) is 4.90 Å². The van der Waals surface area contributed by atoms with Gasteiger partial charge in [0.1, 0.15) is 0 Å². The summed E-state index contributed by atoms with van der Waals surface area (Å²) in [7, 11) is 0. The SMILES string of the molecule is O=C(O)N1CCC(O)(c2ccc(Cl)cc2)C2(CC2)C1. The first-order valence-electron chi connectivity index (χ1n) is 6.43. The molecule has 0 bridgehead atoms. The number of rotatable bonds is 1. The van der Waals surface area contributed by atoms with Crippen LogP contribution in [0.2, 0.25) is 5.02 Å². The second-order valence-electron chi connectivity index (χ2n) is 5.60. The van der Waals surface area contributed by atoms with E-state index in [9.17, 15) is 9.90 Å². The van der Waals surface area contributed by atoms with Gasteiger partial charge in [0.05, 0.1) is 5.60 Å². The Morgan fingerprint density at radius 2 is 1.84 bits per heavy atom. The molecule has 2 aliphatic rings. The van der Waals surface area contributed by atoms with Crippen LogP contribution in [0.4, 0.5) is 4.79 Å². The minimum Gasteiger partial charge on any atom is -0.465 e. The standard InChI is InChI=1S/C14H16ClNO3/c15-11-3-1-10(2-4-11)14(19)7-8-16(12(17)18)9-13(14)5-6-13/h1-4,19H,5-9H2,(H,17,18). The smallest absolute Gasteiger partial charge is 0.407 e. The Kier molecular flexibility index (Phi) is 2.76. The zero-order valence-corrected chi connectivity index (χ0v) is 11.2. The van der Waals surface area contributed by atoms with Gasteiger partial charge in [-0.25, -0.2) is 4.79 Å². The van der Waals surface area contributed by atoms with Gasteiger partial charge in [0.2, 0.25) is 0 Å². The molecule has 4 nitrogen and oxygen atoms in total. The van der Waals surface area contributed by atoms with E-state index >= 15 is 0 Å². The average Bonchev–Trinajstić information content (AvgIpc) is 3.15. The predicted molar refractivity (Wildman–Crippen MR) is 71.2 cm³/mol. The van der Waals surface area contributed by atoms with Gasteiger partial charge in [0, 0.05) is 23.5 Å². The molecule has 0 radical (unpaired) electrons. The maximum Gasteiger partial charge on any atom is 0.407 e. The molecule has 1 saturated carbocycles. The molecule has 1 unspecified atom stereocenters. The molecule has 19 heavy (non-hydrogen) atoms. The van der Waals surface area contributed by atoms with E-state index < -0.39 is 11.7 Å².